The third kappa shape index (κ3) is 3.04. The molecule has 0 aliphatic heterocycles. The van der Waals surface area contributed by atoms with Gasteiger partial charge in [0.15, 0.2) is 6.29 Å². The Hall–Kier alpha value is -1.17. The van der Waals surface area contributed by atoms with Crippen LogP contribution in [0, 0.1) is 0 Å². The summed E-state index contributed by atoms with van der Waals surface area (Å²) in [6.45, 7) is 0. The van der Waals surface area contributed by atoms with Gasteiger partial charge in [-0.15, -0.1) is 0 Å². The van der Waals surface area contributed by atoms with E-state index in [1.165, 1.54) is 0 Å². The predicted molar refractivity (Wildman–Crippen MR) is 94.6 cm³/mol. The number of hydrogen-bond acceptors (Lipinski definition) is 2. The minimum absolute atomic E-state index is 0. The summed E-state index contributed by atoms with van der Waals surface area (Å²) in [6, 6.07) is 30.2. The molecule has 2 nitrogen and oxygen atoms in total. The summed E-state index contributed by atoms with van der Waals surface area (Å²) < 4.78 is 0. The number of aliphatic hydroxyl groups is 2. The normalized spacial score (nSPS) is 20.0. The van der Waals surface area contributed by atoms with Crippen molar-refractivity contribution in [3.63, 3.8) is 0 Å². The van der Waals surface area contributed by atoms with Crippen LogP contribution in [0.3, 0.4) is 0 Å². The summed E-state index contributed by atoms with van der Waals surface area (Å²) in [7, 11) is 0. The zero-order valence-corrected chi connectivity index (χ0v) is 17.3. The third-order valence-corrected chi connectivity index (χ3v) is 5.44. The van der Waals surface area contributed by atoms with Gasteiger partial charge in [-0.2, -0.15) is 0 Å². The second kappa shape index (κ2) is 8.24. The number of rotatable bonds is 4. The van der Waals surface area contributed by atoms with Crippen LogP contribution in [0.25, 0.3) is 0 Å². The summed E-state index contributed by atoms with van der Waals surface area (Å²) in [6.07, 6.45) is -0.754. The van der Waals surface area contributed by atoms with Gasteiger partial charge >= 0.3 is 0 Å². The molecule has 4 heteroatoms. The molecule has 1 aliphatic rings. The Morgan fingerprint density at radius 3 is 1.27 bits per heavy atom. The molecule has 1 fully saturated rings. The second-order valence-corrected chi connectivity index (χ2v) is 6.53. The Bertz CT molecular complexity index is 783. The molecule has 2 radical (unpaired) electrons. The molecule has 2 N–H and O–H groups in total. The van der Waals surface area contributed by atoms with Crippen LogP contribution in [-0.2, 0) is 49.8 Å². The molecule has 0 spiro atoms. The fourth-order valence-electron chi connectivity index (χ4n) is 4.25. The smallest absolute Gasteiger partial charge is 0.162 e. The first-order valence-corrected chi connectivity index (χ1v) is 8.24. The number of benzene rings is 3. The van der Waals surface area contributed by atoms with E-state index in [0.29, 0.717) is 6.42 Å². The van der Waals surface area contributed by atoms with Crippen LogP contribution in [-0.4, -0.2) is 16.5 Å². The minimum Gasteiger partial charge on any atom is -0.367 e. The van der Waals surface area contributed by atoms with E-state index >= 15 is 0 Å². The summed E-state index contributed by atoms with van der Waals surface area (Å²) in [5, 5.41) is 20.8. The Kier molecular flexibility index (Phi) is 6.69. The average Bonchev–Trinajstić information content (AvgIpc) is 3.37. The summed E-state index contributed by atoms with van der Waals surface area (Å²) >= 11 is 0. The van der Waals surface area contributed by atoms with Crippen LogP contribution >= 0.6 is 0 Å². The maximum absolute atomic E-state index is 10.4. The Morgan fingerprint density at radius 2 is 0.923 bits per heavy atom. The third-order valence-electron chi connectivity index (χ3n) is 5.44. The zero-order valence-electron chi connectivity index (χ0n) is 14.0. The standard InChI is InChI=1S/C22H20O2.2Rh/c23-20(24)22(19-14-8-3-9-15-19)16-21(22,17-10-4-1-5-11-17)18-12-6-2-7-13-18;;/h1-15,20,23-24H,16H2;;/t22-;;/m0../s1. The van der Waals surface area contributed by atoms with E-state index in [1.807, 2.05) is 66.7 Å². The first kappa shape index (κ1) is 21.1. The Morgan fingerprint density at radius 1 is 0.577 bits per heavy atom. The first-order valence-electron chi connectivity index (χ1n) is 8.24. The summed E-state index contributed by atoms with van der Waals surface area (Å²) in [5.74, 6) is 0. The molecule has 0 aromatic heterocycles. The van der Waals surface area contributed by atoms with Gasteiger partial charge in [0.25, 0.3) is 0 Å². The molecule has 0 amide bonds. The van der Waals surface area contributed by atoms with Gasteiger partial charge in [0, 0.05) is 44.4 Å². The van der Waals surface area contributed by atoms with Gasteiger partial charge in [-0.3, -0.25) is 0 Å². The van der Waals surface area contributed by atoms with Crippen molar-refractivity contribution < 1.29 is 49.2 Å². The molecule has 0 saturated heterocycles. The van der Waals surface area contributed by atoms with Crippen molar-refractivity contribution in [2.75, 3.05) is 0 Å². The quantitative estimate of drug-likeness (QED) is 0.406. The van der Waals surface area contributed by atoms with E-state index < -0.39 is 17.1 Å². The van der Waals surface area contributed by atoms with Gasteiger partial charge in [0.2, 0.25) is 0 Å². The maximum Gasteiger partial charge on any atom is 0.162 e. The SMILES string of the molecule is OC(O)[C@@]1(c2ccccc2)CC1(c1ccccc1)c1ccccc1.[Rh].[Rh]. The van der Waals surface area contributed by atoms with Crippen LogP contribution in [0.4, 0.5) is 0 Å². The molecule has 26 heavy (non-hydrogen) atoms. The second-order valence-electron chi connectivity index (χ2n) is 6.53. The summed E-state index contributed by atoms with van der Waals surface area (Å²) in [4.78, 5) is 0. The van der Waals surface area contributed by atoms with Crippen LogP contribution in [0.15, 0.2) is 91.0 Å². The van der Waals surface area contributed by atoms with E-state index in [9.17, 15) is 10.2 Å². The first-order chi connectivity index (χ1) is 11.7. The van der Waals surface area contributed by atoms with Crippen LogP contribution < -0.4 is 0 Å². The van der Waals surface area contributed by atoms with E-state index in [1.54, 1.807) is 0 Å². The van der Waals surface area contributed by atoms with Crippen LogP contribution in [0.2, 0.25) is 0 Å². The number of hydrogen-bond donors (Lipinski definition) is 2. The molecule has 1 saturated carbocycles. The van der Waals surface area contributed by atoms with Gasteiger partial charge in [-0.05, 0) is 23.1 Å². The minimum atomic E-state index is -1.43. The van der Waals surface area contributed by atoms with Gasteiger partial charge < -0.3 is 10.2 Å². The molecule has 1 atom stereocenters. The molecule has 0 bridgehead atoms. The molecule has 3 aromatic carbocycles. The van der Waals surface area contributed by atoms with E-state index in [0.717, 1.165) is 16.7 Å². The molecule has 138 valence electrons. The fraction of sp³-hybridized carbons (Fsp3) is 0.182. The van der Waals surface area contributed by atoms with E-state index in [-0.39, 0.29) is 39.0 Å². The summed E-state index contributed by atoms with van der Waals surface area (Å²) in [5.41, 5.74) is 2.05. The van der Waals surface area contributed by atoms with Crippen molar-refractivity contribution in [3.05, 3.63) is 108 Å². The zero-order chi connectivity index (χ0) is 16.6. The molecule has 0 heterocycles. The molecular formula is C22H20O2Rh2. The van der Waals surface area contributed by atoms with Crippen molar-refractivity contribution in [3.8, 4) is 0 Å². The van der Waals surface area contributed by atoms with Crippen molar-refractivity contribution >= 4 is 0 Å². The van der Waals surface area contributed by atoms with Gasteiger partial charge in [0.1, 0.15) is 0 Å². The monoisotopic (exact) mass is 522 g/mol. The van der Waals surface area contributed by atoms with Gasteiger partial charge in [-0.25, -0.2) is 0 Å². The predicted octanol–water partition coefficient (Wildman–Crippen LogP) is 3.62. The largest absolute Gasteiger partial charge is 0.367 e. The van der Waals surface area contributed by atoms with Crippen molar-refractivity contribution in [2.45, 2.75) is 23.5 Å². The maximum atomic E-state index is 10.4. The van der Waals surface area contributed by atoms with E-state index in [4.69, 9.17) is 0 Å². The Labute approximate surface area is 179 Å². The molecule has 0 unspecified atom stereocenters. The van der Waals surface area contributed by atoms with Crippen LogP contribution in [0.1, 0.15) is 23.1 Å². The van der Waals surface area contributed by atoms with Gasteiger partial charge in [-0.1, -0.05) is 91.0 Å². The van der Waals surface area contributed by atoms with Crippen LogP contribution in [0.5, 0.6) is 0 Å². The topological polar surface area (TPSA) is 40.5 Å². The van der Waals surface area contributed by atoms with Gasteiger partial charge in [0.05, 0.1) is 5.41 Å². The fourth-order valence-corrected chi connectivity index (χ4v) is 4.25. The molecule has 3 aromatic rings. The Balaban J connectivity index is 0.00000121. The van der Waals surface area contributed by atoms with Crippen molar-refractivity contribution in [1.82, 2.24) is 0 Å². The molecule has 1 aliphatic carbocycles. The number of aliphatic hydroxyl groups excluding tert-OH is 1. The van der Waals surface area contributed by atoms with Crippen molar-refractivity contribution in [1.29, 1.82) is 0 Å². The van der Waals surface area contributed by atoms with Crippen molar-refractivity contribution in [2.24, 2.45) is 0 Å². The molecular weight excluding hydrogens is 502 g/mol. The van der Waals surface area contributed by atoms with E-state index in [2.05, 4.69) is 24.3 Å². The molecule has 4 rings (SSSR count). The average molecular weight is 522 g/mol.